The molecule has 0 spiro atoms. The van der Waals surface area contributed by atoms with Gasteiger partial charge in [0.05, 0.1) is 11.8 Å². The number of aliphatic hydroxyl groups excluding tert-OH is 1. The van der Waals surface area contributed by atoms with E-state index >= 15 is 0 Å². The molecule has 0 aliphatic heterocycles. The fourth-order valence-electron chi connectivity index (χ4n) is 2.37. The van der Waals surface area contributed by atoms with Crippen LogP contribution in [-0.2, 0) is 13.5 Å². The SMILES string of the molecule is CC(C)c1nn(C)c(Cl)c1C(O)CCc1ccccc1. The molecule has 1 aromatic heterocycles. The van der Waals surface area contributed by atoms with Crippen LogP contribution in [0.15, 0.2) is 30.3 Å². The van der Waals surface area contributed by atoms with Crippen molar-refractivity contribution in [1.82, 2.24) is 9.78 Å². The van der Waals surface area contributed by atoms with Gasteiger partial charge in [0, 0.05) is 12.6 Å². The average Bonchev–Trinajstić information content (AvgIpc) is 2.74. The van der Waals surface area contributed by atoms with Gasteiger partial charge in [0.1, 0.15) is 5.15 Å². The van der Waals surface area contributed by atoms with E-state index in [-0.39, 0.29) is 5.92 Å². The molecule has 3 nitrogen and oxygen atoms in total. The fourth-order valence-corrected chi connectivity index (χ4v) is 2.63. The average molecular weight is 293 g/mol. The van der Waals surface area contributed by atoms with Crippen LogP contribution >= 0.6 is 11.6 Å². The van der Waals surface area contributed by atoms with Crippen molar-refractivity contribution in [2.75, 3.05) is 0 Å². The highest BCUT2D eigenvalue weighted by molar-refractivity contribution is 6.30. The summed E-state index contributed by atoms with van der Waals surface area (Å²) in [7, 11) is 1.81. The van der Waals surface area contributed by atoms with Crippen LogP contribution in [-0.4, -0.2) is 14.9 Å². The maximum absolute atomic E-state index is 10.5. The Kier molecular flexibility index (Phi) is 4.84. The number of aliphatic hydroxyl groups is 1. The lowest BCUT2D eigenvalue weighted by molar-refractivity contribution is 0.166. The van der Waals surface area contributed by atoms with Gasteiger partial charge >= 0.3 is 0 Å². The molecule has 0 amide bonds. The predicted octanol–water partition coefficient (Wildman–Crippen LogP) is 3.86. The van der Waals surface area contributed by atoms with Crippen molar-refractivity contribution < 1.29 is 5.11 Å². The van der Waals surface area contributed by atoms with Gasteiger partial charge in [-0.3, -0.25) is 4.68 Å². The number of hydrogen-bond acceptors (Lipinski definition) is 2. The predicted molar refractivity (Wildman–Crippen MR) is 82.0 cm³/mol. The van der Waals surface area contributed by atoms with Gasteiger partial charge in [-0.05, 0) is 24.3 Å². The normalized spacial score (nSPS) is 12.9. The number of benzene rings is 1. The van der Waals surface area contributed by atoms with Gasteiger partial charge in [-0.25, -0.2) is 0 Å². The topological polar surface area (TPSA) is 38.0 Å². The Labute approximate surface area is 125 Å². The monoisotopic (exact) mass is 292 g/mol. The summed E-state index contributed by atoms with van der Waals surface area (Å²) in [6.45, 7) is 4.12. The molecule has 1 unspecified atom stereocenters. The molecule has 0 bridgehead atoms. The lowest BCUT2D eigenvalue weighted by Crippen LogP contribution is -2.04. The first-order valence-corrected chi connectivity index (χ1v) is 7.32. The number of aryl methyl sites for hydroxylation is 2. The van der Waals surface area contributed by atoms with Gasteiger partial charge in [0.15, 0.2) is 0 Å². The molecule has 0 fully saturated rings. The van der Waals surface area contributed by atoms with Crippen LogP contribution in [0.5, 0.6) is 0 Å². The van der Waals surface area contributed by atoms with Crippen LogP contribution in [0.4, 0.5) is 0 Å². The number of aromatic nitrogens is 2. The van der Waals surface area contributed by atoms with Crippen molar-refractivity contribution in [3.05, 3.63) is 52.3 Å². The number of rotatable bonds is 5. The standard InChI is InChI=1S/C16H21ClN2O/c1-11(2)15-14(16(17)19(3)18-15)13(20)10-9-12-7-5-4-6-8-12/h4-8,11,13,20H,9-10H2,1-3H3. The first-order valence-electron chi connectivity index (χ1n) is 6.95. The number of hydrogen-bond donors (Lipinski definition) is 1. The van der Waals surface area contributed by atoms with E-state index in [4.69, 9.17) is 11.6 Å². The smallest absolute Gasteiger partial charge is 0.132 e. The highest BCUT2D eigenvalue weighted by Gasteiger charge is 2.23. The Morgan fingerprint density at radius 1 is 1.25 bits per heavy atom. The first-order chi connectivity index (χ1) is 9.50. The number of nitrogens with zero attached hydrogens (tertiary/aromatic N) is 2. The van der Waals surface area contributed by atoms with Gasteiger partial charge in [0.25, 0.3) is 0 Å². The van der Waals surface area contributed by atoms with Crippen molar-refractivity contribution in [1.29, 1.82) is 0 Å². The summed E-state index contributed by atoms with van der Waals surface area (Å²) < 4.78 is 1.64. The molecule has 108 valence electrons. The maximum atomic E-state index is 10.5. The molecule has 1 atom stereocenters. The van der Waals surface area contributed by atoms with E-state index < -0.39 is 6.10 Å². The van der Waals surface area contributed by atoms with Gasteiger partial charge in [-0.2, -0.15) is 5.10 Å². The van der Waals surface area contributed by atoms with Gasteiger partial charge in [-0.15, -0.1) is 0 Å². The summed E-state index contributed by atoms with van der Waals surface area (Å²) >= 11 is 6.28. The molecule has 2 rings (SSSR count). The molecule has 0 saturated carbocycles. The summed E-state index contributed by atoms with van der Waals surface area (Å²) in [6, 6.07) is 10.2. The molecular formula is C16H21ClN2O. The Balaban J connectivity index is 2.15. The highest BCUT2D eigenvalue weighted by atomic mass is 35.5. The third-order valence-corrected chi connectivity index (χ3v) is 3.92. The molecule has 1 aromatic carbocycles. The molecule has 0 aliphatic rings. The summed E-state index contributed by atoms with van der Waals surface area (Å²) in [6.07, 6.45) is 0.897. The van der Waals surface area contributed by atoms with E-state index in [1.807, 2.05) is 25.2 Å². The molecule has 2 aromatic rings. The maximum Gasteiger partial charge on any atom is 0.132 e. The molecule has 4 heteroatoms. The van der Waals surface area contributed by atoms with Crippen molar-refractivity contribution in [2.45, 2.75) is 38.7 Å². The largest absolute Gasteiger partial charge is 0.388 e. The summed E-state index contributed by atoms with van der Waals surface area (Å²) in [5.74, 6) is 0.245. The van der Waals surface area contributed by atoms with Crippen LogP contribution in [0.25, 0.3) is 0 Å². The fraction of sp³-hybridized carbons (Fsp3) is 0.438. The van der Waals surface area contributed by atoms with Crippen LogP contribution in [0, 0.1) is 0 Å². The third kappa shape index (κ3) is 3.22. The van der Waals surface area contributed by atoms with Gasteiger partial charge in [-0.1, -0.05) is 55.8 Å². The van der Waals surface area contributed by atoms with Crippen molar-refractivity contribution in [2.24, 2.45) is 7.05 Å². The molecule has 0 radical (unpaired) electrons. The van der Waals surface area contributed by atoms with Gasteiger partial charge < -0.3 is 5.11 Å². The second-order valence-electron chi connectivity index (χ2n) is 5.41. The summed E-state index contributed by atoms with van der Waals surface area (Å²) in [4.78, 5) is 0. The number of halogens is 1. The third-order valence-electron chi connectivity index (χ3n) is 3.47. The molecule has 20 heavy (non-hydrogen) atoms. The lowest BCUT2D eigenvalue weighted by Gasteiger charge is -2.13. The van der Waals surface area contributed by atoms with Crippen LogP contribution in [0.1, 0.15) is 49.1 Å². The second kappa shape index (κ2) is 6.42. The van der Waals surface area contributed by atoms with E-state index in [2.05, 4.69) is 31.1 Å². The zero-order valence-electron chi connectivity index (χ0n) is 12.2. The van der Waals surface area contributed by atoms with E-state index in [0.717, 1.165) is 17.7 Å². The Hall–Kier alpha value is -1.32. The van der Waals surface area contributed by atoms with Crippen LogP contribution < -0.4 is 0 Å². The highest BCUT2D eigenvalue weighted by Crippen LogP contribution is 2.32. The second-order valence-corrected chi connectivity index (χ2v) is 5.77. The molecule has 0 saturated heterocycles. The van der Waals surface area contributed by atoms with Crippen molar-refractivity contribution >= 4 is 11.6 Å². The van der Waals surface area contributed by atoms with E-state index in [1.54, 1.807) is 4.68 Å². The Bertz CT molecular complexity index is 563. The minimum Gasteiger partial charge on any atom is -0.388 e. The van der Waals surface area contributed by atoms with Gasteiger partial charge in [0.2, 0.25) is 0 Å². The molecule has 1 heterocycles. The zero-order valence-corrected chi connectivity index (χ0v) is 12.9. The van der Waals surface area contributed by atoms with E-state index in [9.17, 15) is 5.11 Å². The molecular weight excluding hydrogens is 272 g/mol. The van der Waals surface area contributed by atoms with Crippen molar-refractivity contribution in [3.8, 4) is 0 Å². The first kappa shape index (κ1) is 15.1. The van der Waals surface area contributed by atoms with E-state index in [0.29, 0.717) is 11.6 Å². The summed E-state index contributed by atoms with van der Waals surface area (Å²) in [5, 5.41) is 15.4. The zero-order chi connectivity index (χ0) is 14.7. The Morgan fingerprint density at radius 2 is 1.90 bits per heavy atom. The van der Waals surface area contributed by atoms with Crippen molar-refractivity contribution in [3.63, 3.8) is 0 Å². The molecule has 0 aliphatic carbocycles. The minimum absolute atomic E-state index is 0.245. The minimum atomic E-state index is -0.575. The summed E-state index contributed by atoms with van der Waals surface area (Å²) in [5.41, 5.74) is 2.89. The molecule has 1 N–H and O–H groups in total. The van der Waals surface area contributed by atoms with Crippen LogP contribution in [0.3, 0.4) is 0 Å². The quantitative estimate of drug-likeness (QED) is 0.908. The van der Waals surface area contributed by atoms with Crippen LogP contribution in [0.2, 0.25) is 5.15 Å². The lowest BCUT2D eigenvalue weighted by atomic mass is 9.98. The van der Waals surface area contributed by atoms with E-state index in [1.165, 1.54) is 5.56 Å². The Morgan fingerprint density at radius 3 is 2.50 bits per heavy atom.